The molecule has 1 aromatic carbocycles. The number of rotatable bonds is 6. The molecule has 5 nitrogen and oxygen atoms in total. The molecular formula is C17H22N2O3S2. The summed E-state index contributed by atoms with van der Waals surface area (Å²) in [5.41, 5.74) is 3.23. The minimum atomic E-state index is -3.41. The second-order valence-electron chi connectivity index (χ2n) is 6.09. The number of carbonyl (C=O) groups excluding carboxylic acids is 1. The van der Waals surface area contributed by atoms with Crippen LogP contribution in [0.4, 0.5) is 5.13 Å². The first-order valence-electron chi connectivity index (χ1n) is 7.70. The van der Waals surface area contributed by atoms with Gasteiger partial charge in [-0.25, -0.2) is 13.4 Å². The molecule has 1 N–H and O–H groups in total. The normalized spacial score (nSPS) is 11.7. The number of carbonyl (C=O) groups is 1. The average molecular weight is 367 g/mol. The van der Waals surface area contributed by atoms with Gasteiger partial charge < -0.3 is 5.32 Å². The molecule has 0 fully saturated rings. The number of nitrogens with one attached hydrogen (secondary N) is 1. The van der Waals surface area contributed by atoms with Gasteiger partial charge in [-0.3, -0.25) is 4.79 Å². The third kappa shape index (κ3) is 4.88. The minimum absolute atomic E-state index is 0.443. The number of hydrogen-bond donors (Lipinski definition) is 1. The topological polar surface area (TPSA) is 76.1 Å². The predicted molar refractivity (Wildman–Crippen MR) is 98.4 cm³/mol. The zero-order valence-electron chi connectivity index (χ0n) is 14.3. The van der Waals surface area contributed by atoms with Gasteiger partial charge >= 0.3 is 0 Å². The van der Waals surface area contributed by atoms with E-state index in [-0.39, 0.29) is 0 Å². The highest BCUT2D eigenvalue weighted by Gasteiger charge is 2.21. The number of thiazole rings is 1. The summed E-state index contributed by atoms with van der Waals surface area (Å²) in [5.74, 6) is -1.06. The van der Waals surface area contributed by atoms with Crippen molar-refractivity contribution in [2.45, 2.75) is 39.4 Å². The van der Waals surface area contributed by atoms with Crippen LogP contribution in [0.3, 0.4) is 0 Å². The molecule has 0 saturated carbocycles. The van der Waals surface area contributed by atoms with Gasteiger partial charge in [0.25, 0.3) is 0 Å². The van der Waals surface area contributed by atoms with Gasteiger partial charge in [0.15, 0.2) is 15.0 Å². The maximum absolute atomic E-state index is 11.9. The SMILES string of the molecule is Cc1ccc(Cc2sc(NC(=O)CS(=O)(=O)C(C)C)nc2C)cc1. The fourth-order valence-electron chi connectivity index (χ4n) is 2.04. The Hall–Kier alpha value is -1.73. The number of sulfone groups is 1. The van der Waals surface area contributed by atoms with Crippen LogP contribution in [0.1, 0.15) is 35.5 Å². The van der Waals surface area contributed by atoms with E-state index in [1.807, 2.05) is 13.8 Å². The molecule has 1 heterocycles. The van der Waals surface area contributed by atoms with Gasteiger partial charge in [-0.1, -0.05) is 29.8 Å². The van der Waals surface area contributed by atoms with Crippen LogP contribution in [0.15, 0.2) is 24.3 Å². The summed E-state index contributed by atoms with van der Waals surface area (Å²) >= 11 is 1.38. The first-order chi connectivity index (χ1) is 11.2. The van der Waals surface area contributed by atoms with Gasteiger partial charge in [-0.15, -0.1) is 11.3 Å². The highest BCUT2D eigenvalue weighted by Crippen LogP contribution is 2.25. The van der Waals surface area contributed by atoms with Crippen LogP contribution in [-0.4, -0.2) is 30.3 Å². The van der Waals surface area contributed by atoms with Crippen LogP contribution in [-0.2, 0) is 21.1 Å². The molecular weight excluding hydrogens is 344 g/mol. The van der Waals surface area contributed by atoms with Gasteiger partial charge in [0.05, 0.1) is 10.9 Å². The van der Waals surface area contributed by atoms with Gasteiger partial charge in [-0.05, 0) is 33.3 Å². The Labute approximate surface area is 147 Å². The van der Waals surface area contributed by atoms with Crippen molar-refractivity contribution >= 4 is 32.2 Å². The molecule has 0 spiro atoms. The lowest BCUT2D eigenvalue weighted by molar-refractivity contribution is -0.113. The Morgan fingerprint density at radius 3 is 2.42 bits per heavy atom. The highest BCUT2D eigenvalue weighted by molar-refractivity contribution is 7.92. The summed E-state index contributed by atoms with van der Waals surface area (Å²) in [6.45, 7) is 7.06. The first-order valence-corrected chi connectivity index (χ1v) is 10.2. The molecule has 0 saturated heterocycles. The third-order valence-electron chi connectivity index (χ3n) is 3.67. The number of aromatic nitrogens is 1. The maximum Gasteiger partial charge on any atom is 0.241 e. The summed E-state index contributed by atoms with van der Waals surface area (Å²) < 4.78 is 23.6. The molecule has 1 amide bonds. The molecule has 7 heteroatoms. The fraction of sp³-hybridized carbons (Fsp3) is 0.412. The van der Waals surface area contributed by atoms with E-state index in [1.54, 1.807) is 13.8 Å². The van der Waals surface area contributed by atoms with E-state index in [0.29, 0.717) is 5.13 Å². The van der Waals surface area contributed by atoms with E-state index in [9.17, 15) is 13.2 Å². The lowest BCUT2D eigenvalue weighted by Gasteiger charge is -2.06. The second-order valence-corrected chi connectivity index (χ2v) is 9.73. The van der Waals surface area contributed by atoms with Crippen molar-refractivity contribution in [2.75, 3.05) is 11.1 Å². The number of benzene rings is 1. The Morgan fingerprint density at radius 2 is 1.83 bits per heavy atom. The number of nitrogens with zero attached hydrogens (tertiary/aromatic N) is 1. The Balaban J connectivity index is 2.06. The molecule has 0 radical (unpaired) electrons. The number of aryl methyl sites for hydroxylation is 2. The van der Waals surface area contributed by atoms with Crippen LogP contribution in [0, 0.1) is 13.8 Å². The van der Waals surface area contributed by atoms with Crippen LogP contribution in [0.2, 0.25) is 0 Å². The number of anilines is 1. The average Bonchev–Trinajstić information content (AvgIpc) is 2.80. The van der Waals surface area contributed by atoms with Crippen LogP contribution >= 0.6 is 11.3 Å². The molecule has 24 heavy (non-hydrogen) atoms. The highest BCUT2D eigenvalue weighted by atomic mass is 32.2. The van der Waals surface area contributed by atoms with E-state index >= 15 is 0 Å². The van der Waals surface area contributed by atoms with Crippen molar-refractivity contribution < 1.29 is 13.2 Å². The van der Waals surface area contributed by atoms with E-state index in [0.717, 1.165) is 17.0 Å². The van der Waals surface area contributed by atoms with Crippen molar-refractivity contribution in [3.05, 3.63) is 46.0 Å². The van der Waals surface area contributed by atoms with E-state index in [2.05, 4.69) is 34.6 Å². The molecule has 0 atom stereocenters. The lowest BCUT2D eigenvalue weighted by Crippen LogP contribution is -2.27. The Kier molecular flexibility index (Phi) is 5.77. The molecule has 0 unspecified atom stereocenters. The standard InChI is InChI=1S/C17H22N2O3S2/c1-11(2)24(21,22)10-16(20)19-17-18-13(4)15(23-17)9-14-7-5-12(3)6-8-14/h5-8,11H,9-10H2,1-4H3,(H,18,19,20). The van der Waals surface area contributed by atoms with Crippen LogP contribution in [0.25, 0.3) is 0 Å². The molecule has 0 aliphatic heterocycles. The van der Waals surface area contributed by atoms with Crippen molar-refractivity contribution in [2.24, 2.45) is 0 Å². The summed E-state index contributed by atoms with van der Waals surface area (Å²) in [6, 6.07) is 8.26. The molecule has 0 aliphatic carbocycles. The van der Waals surface area contributed by atoms with Gasteiger partial charge in [0.2, 0.25) is 5.91 Å². The van der Waals surface area contributed by atoms with Crippen molar-refractivity contribution in [1.29, 1.82) is 0 Å². The fourth-order valence-corrected chi connectivity index (χ4v) is 3.83. The maximum atomic E-state index is 11.9. The molecule has 130 valence electrons. The second kappa shape index (κ2) is 7.44. The van der Waals surface area contributed by atoms with Crippen LogP contribution in [0.5, 0.6) is 0 Å². The zero-order chi connectivity index (χ0) is 17.9. The lowest BCUT2D eigenvalue weighted by atomic mass is 10.1. The smallest absolute Gasteiger partial charge is 0.241 e. The molecule has 2 rings (SSSR count). The van der Waals surface area contributed by atoms with Crippen molar-refractivity contribution in [3.8, 4) is 0 Å². The van der Waals surface area contributed by atoms with Gasteiger partial charge in [0, 0.05) is 11.3 Å². The number of hydrogen-bond acceptors (Lipinski definition) is 5. The van der Waals surface area contributed by atoms with E-state index < -0.39 is 26.7 Å². The Morgan fingerprint density at radius 1 is 1.21 bits per heavy atom. The van der Waals surface area contributed by atoms with E-state index in [1.165, 1.54) is 22.5 Å². The largest absolute Gasteiger partial charge is 0.301 e. The zero-order valence-corrected chi connectivity index (χ0v) is 15.9. The predicted octanol–water partition coefficient (Wildman–Crippen LogP) is 3.11. The summed E-state index contributed by atoms with van der Waals surface area (Å²) in [7, 11) is -3.41. The van der Waals surface area contributed by atoms with Crippen molar-refractivity contribution in [3.63, 3.8) is 0 Å². The van der Waals surface area contributed by atoms with Crippen LogP contribution < -0.4 is 5.32 Å². The number of amides is 1. The van der Waals surface area contributed by atoms with Gasteiger partial charge in [0.1, 0.15) is 5.75 Å². The summed E-state index contributed by atoms with van der Waals surface area (Å²) in [6.07, 6.45) is 0.740. The monoisotopic (exact) mass is 366 g/mol. The summed E-state index contributed by atoms with van der Waals surface area (Å²) in [4.78, 5) is 17.3. The molecule has 2 aromatic rings. The molecule has 1 aromatic heterocycles. The first kappa shape index (κ1) is 18.6. The molecule has 0 aliphatic rings. The summed E-state index contributed by atoms with van der Waals surface area (Å²) in [5, 5.41) is 2.47. The van der Waals surface area contributed by atoms with Crippen molar-refractivity contribution in [1.82, 2.24) is 4.98 Å². The third-order valence-corrected chi connectivity index (χ3v) is 6.85. The molecule has 0 bridgehead atoms. The van der Waals surface area contributed by atoms with Gasteiger partial charge in [-0.2, -0.15) is 0 Å². The minimum Gasteiger partial charge on any atom is -0.301 e. The Bertz CT molecular complexity index is 822. The quantitative estimate of drug-likeness (QED) is 0.852. The van der Waals surface area contributed by atoms with E-state index in [4.69, 9.17) is 0 Å².